The topological polar surface area (TPSA) is 20.2 Å². The number of benzene rings is 1. The summed E-state index contributed by atoms with van der Waals surface area (Å²) in [6.07, 6.45) is 0.699. The highest BCUT2D eigenvalue weighted by molar-refractivity contribution is 6.54. The summed E-state index contributed by atoms with van der Waals surface area (Å²) in [6.45, 7) is 2.11. The molecule has 0 aliphatic heterocycles. The van der Waals surface area contributed by atoms with Crippen molar-refractivity contribution in [2.75, 3.05) is 6.61 Å². The molecule has 0 bridgehead atoms. The zero-order valence-electron chi connectivity index (χ0n) is 7.18. The molecule has 0 aliphatic rings. The molecule has 1 rings (SSSR count). The van der Waals surface area contributed by atoms with Crippen LogP contribution in [0.15, 0.2) is 18.2 Å². The molecule has 0 heterocycles. The minimum Gasteiger partial charge on any atom is -0.397 e. The molecule has 0 unspecified atom stereocenters. The summed E-state index contributed by atoms with van der Waals surface area (Å²) >= 11 is 0. The van der Waals surface area contributed by atoms with Gasteiger partial charge in [0.15, 0.2) is 7.28 Å². The van der Waals surface area contributed by atoms with E-state index in [0.29, 0.717) is 6.32 Å². The molecule has 3 heteroatoms. The molecule has 0 amide bonds. The van der Waals surface area contributed by atoms with Crippen molar-refractivity contribution >= 4 is 12.7 Å². The SMILES string of the molecule is Cc1ccc(F)cc1BCCO. The molecule has 0 aliphatic carbocycles. The Morgan fingerprint density at radius 2 is 2.25 bits per heavy atom. The van der Waals surface area contributed by atoms with Gasteiger partial charge in [0.05, 0.1) is 0 Å². The second kappa shape index (κ2) is 4.26. The summed E-state index contributed by atoms with van der Waals surface area (Å²) in [6, 6.07) is 4.75. The van der Waals surface area contributed by atoms with Gasteiger partial charge in [-0.2, -0.15) is 0 Å². The van der Waals surface area contributed by atoms with Crippen molar-refractivity contribution in [1.29, 1.82) is 0 Å². The minimum absolute atomic E-state index is 0.163. The van der Waals surface area contributed by atoms with Crippen molar-refractivity contribution in [1.82, 2.24) is 0 Å². The maximum absolute atomic E-state index is 12.7. The Balaban J connectivity index is 2.75. The monoisotopic (exact) mass is 166 g/mol. The summed E-state index contributed by atoms with van der Waals surface area (Å²) in [5.74, 6) is -0.200. The van der Waals surface area contributed by atoms with Crippen LogP contribution in [0.3, 0.4) is 0 Å². The smallest absolute Gasteiger partial charge is 0.160 e. The second-order valence-electron chi connectivity index (χ2n) is 2.90. The first kappa shape index (κ1) is 9.26. The van der Waals surface area contributed by atoms with Crippen molar-refractivity contribution in [3.8, 4) is 0 Å². The zero-order valence-corrected chi connectivity index (χ0v) is 7.18. The Morgan fingerprint density at radius 1 is 1.50 bits per heavy atom. The van der Waals surface area contributed by atoms with Crippen molar-refractivity contribution in [3.63, 3.8) is 0 Å². The van der Waals surface area contributed by atoms with E-state index in [1.165, 1.54) is 12.1 Å². The maximum Gasteiger partial charge on any atom is 0.160 e. The van der Waals surface area contributed by atoms with Crippen molar-refractivity contribution in [2.24, 2.45) is 0 Å². The van der Waals surface area contributed by atoms with Gasteiger partial charge in [-0.3, -0.25) is 0 Å². The van der Waals surface area contributed by atoms with Gasteiger partial charge in [-0.1, -0.05) is 17.1 Å². The van der Waals surface area contributed by atoms with Crippen LogP contribution in [0.2, 0.25) is 6.32 Å². The predicted molar refractivity (Wildman–Crippen MR) is 49.8 cm³/mol. The quantitative estimate of drug-likeness (QED) is 0.652. The summed E-state index contributed by atoms with van der Waals surface area (Å²) in [5, 5.41) is 8.59. The lowest BCUT2D eigenvalue weighted by Gasteiger charge is -2.02. The van der Waals surface area contributed by atoms with Gasteiger partial charge in [0.25, 0.3) is 0 Å². The third-order valence-electron chi connectivity index (χ3n) is 1.92. The molecule has 0 spiro atoms. The summed E-state index contributed by atoms with van der Waals surface area (Å²) in [7, 11) is 0.750. The van der Waals surface area contributed by atoms with Crippen LogP contribution in [-0.2, 0) is 0 Å². The number of hydrogen-bond acceptors (Lipinski definition) is 1. The van der Waals surface area contributed by atoms with Gasteiger partial charge in [0.1, 0.15) is 5.82 Å². The zero-order chi connectivity index (χ0) is 8.97. The second-order valence-corrected chi connectivity index (χ2v) is 2.90. The van der Waals surface area contributed by atoms with Crippen LogP contribution in [0.5, 0.6) is 0 Å². The normalized spacial score (nSPS) is 9.92. The molecule has 0 saturated carbocycles. The highest BCUT2D eigenvalue weighted by atomic mass is 19.1. The van der Waals surface area contributed by atoms with Gasteiger partial charge < -0.3 is 5.11 Å². The number of halogens is 1. The first-order valence-electron chi connectivity index (χ1n) is 4.10. The Kier molecular flexibility index (Phi) is 3.29. The summed E-state index contributed by atoms with van der Waals surface area (Å²) in [4.78, 5) is 0. The first-order valence-corrected chi connectivity index (χ1v) is 4.10. The molecule has 0 atom stereocenters. The molecule has 1 nitrogen and oxygen atoms in total. The third-order valence-corrected chi connectivity index (χ3v) is 1.92. The van der Waals surface area contributed by atoms with Gasteiger partial charge >= 0.3 is 0 Å². The molecule has 0 saturated heterocycles. The van der Waals surface area contributed by atoms with E-state index in [0.717, 1.165) is 18.3 Å². The van der Waals surface area contributed by atoms with Crippen LogP contribution in [0.1, 0.15) is 5.56 Å². The van der Waals surface area contributed by atoms with E-state index >= 15 is 0 Å². The van der Waals surface area contributed by atoms with Gasteiger partial charge in [-0.05, 0) is 25.4 Å². The van der Waals surface area contributed by atoms with E-state index in [1.807, 2.05) is 6.92 Å². The lowest BCUT2D eigenvalue weighted by molar-refractivity contribution is 0.318. The van der Waals surface area contributed by atoms with Gasteiger partial charge in [-0.25, -0.2) is 4.39 Å². The third kappa shape index (κ3) is 2.34. The molecular formula is C9H12BFO. The van der Waals surface area contributed by atoms with Crippen LogP contribution in [0.4, 0.5) is 4.39 Å². The Morgan fingerprint density at radius 3 is 2.92 bits per heavy atom. The number of rotatable bonds is 3. The van der Waals surface area contributed by atoms with Crippen LogP contribution in [-0.4, -0.2) is 19.0 Å². The highest BCUT2D eigenvalue weighted by Crippen LogP contribution is 1.98. The average Bonchev–Trinajstić information content (AvgIpc) is 2.07. The number of aliphatic hydroxyl groups excluding tert-OH is 1. The number of aryl methyl sites for hydroxylation is 1. The van der Waals surface area contributed by atoms with Gasteiger partial charge in [-0.15, -0.1) is 0 Å². The largest absolute Gasteiger partial charge is 0.397 e. The number of hydrogen-bond donors (Lipinski definition) is 1. The van der Waals surface area contributed by atoms with E-state index in [-0.39, 0.29) is 12.4 Å². The van der Waals surface area contributed by atoms with Crippen LogP contribution in [0.25, 0.3) is 0 Å². The van der Waals surface area contributed by atoms with E-state index in [4.69, 9.17) is 5.11 Å². The fourth-order valence-electron chi connectivity index (χ4n) is 1.18. The summed E-state index contributed by atoms with van der Waals surface area (Å²) < 4.78 is 12.7. The summed E-state index contributed by atoms with van der Waals surface area (Å²) in [5.41, 5.74) is 2.08. The van der Waals surface area contributed by atoms with Crippen molar-refractivity contribution in [3.05, 3.63) is 29.6 Å². The molecular weight excluding hydrogens is 154 g/mol. The molecule has 0 fully saturated rings. The fourth-order valence-corrected chi connectivity index (χ4v) is 1.18. The van der Waals surface area contributed by atoms with E-state index in [1.54, 1.807) is 6.07 Å². The van der Waals surface area contributed by atoms with Crippen LogP contribution < -0.4 is 5.46 Å². The predicted octanol–water partition coefficient (Wildman–Crippen LogP) is 0.607. The Labute approximate surface area is 72.5 Å². The highest BCUT2D eigenvalue weighted by Gasteiger charge is 2.00. The van der Waals surface area contributed by atoms with Gasteiger partial charge in [0, 0.05) is 6.61 Å². The van der Waals surface area contributed by atoms with E-state index in [2.05, 4.69) is 0 Å². The lowest BCUT2D eigenvalue weighted by atomic mass is 9.66. The van der Waals surface area contributed by atoms with Crippen molar-refractivity contribution in [2.45, 2.75) is 13.2 Å². The average molecular weight is 166 g/mol. The van der Waals surface area contributed by atoms with E-state index < -0.39 is 0 Å². The van der Waals surface area contributed by atoms with E-state index in [9.17, 15) is 4.39 Å². The van der Waals surface area contributed by atoms with Crippen LogP contribution in [0, 0.1) is 12.7 Å². The number of aliphatic hydroxyl groups is 1. The molecule has 12 heavy (non-hydrogen) atoms. The molecule has 1 N–H and O–H groups in total. The van der Waals surface area contributed by atoms with Crippen molar-refractivity contribution < 1.29 is 9.50 Å². The lowest BCUT2D eigenvalue weighted by Crippen LogP contribution is -2.18. The molecule has 64 valence electrons. The standard InChI is InChI=1S/C9H12BFO/c1-7-2-3-8(11)6-9(7)10-4-5-12/h2-3,6,10,12H,4-5H2,1H3. The van der Waals surface area contributed by atoms with Gasteiger partial charge in [0.2, 0.25) is 0 Å². The maximum atomic E-state index is 12.7. The molecule has 0 aromatic heterocycles. The first-order chi connectivity index (χ1) is 5.74. The minimum atomic E-state index is -0.200. The Hall–Kier alpha value is -0.825. The fraction of sp³-hybridized carbons (Fsp3) is 0.333. The molecule has 0 radical (unpaired) electrons. The molecule has 1 aromatic rings. The molecule has 1 aromatic carbocycles. The Bertz CT molecular complexity index is 263. The van der Waals surface area contributed by atoms with Crippen LogP contribution >= 0.6 is 0 Å².